The van der Waals surface area contributed by atoms with Crippen LogP contribution in [0, 0.1) is 11.3 Å². The summed E-state index contributed by atoms with van der Waals surface area (Å²) in [5.74, 6) is 2.21. The number of nitriles is 1. The van der Waals surface area contributed by atoms with Gasteiger partial charge in [0.25, 0.3) is 0 Å². The molecule has 1 unspecified atom stereocenters. The minimum absolute atomic E-state index is 0.267. The molecule has 0 aromatic rings. The van der Waals surface area contributed by atoms with E-state index in [0.717, 1.165) is 43.9 Å². The molecule has 0 radical (unpaired) electrons. The van der Waals surface area contributed by atoms with Gasteiger partial charge in [-0.1, -0.05) is 0 Å². The fraction of sp³-hybridized carbons (Fsp3) is 0.909. The Labute approximate surface area is 95.6 Å². The molecule has 0 amide bonds. The van der Waals surface area contributed by atoms with Gasteiger partial charge in [-0.05, 0) is 37.2 Å². The molecular formula is C11H18N2OS. The van der Waals surface area contributed by atoms with Gasteiger partial charge in [0.2, 0.25) is 0 Å². The molecule has 0 aliphatic carbocycles. The summed E-state index contributed by atoms with van der Waals surface area (Å²) in [7, 11) is 0. The fourth-order valence-corrected chi connectivity index (χ4v) is 3.35. The summed E-state index contributed by atoms with van der Waals surface area (Å²) in [6.07, 6.45) is 4.59. The van der Waals surface area contributed by atoms with Gasteiger partial charge < -0.3 is 4.74 Å². The maximum Gasteiger partial charge on any atom is 0.108 e. The van der Waals surface area contributed by atoms with E-state index in [4.69, 9.17) is 4.74 Å². The summed E-state index contributed by atoms with van der Waals surface area (Å²) < 4.78 is 5.56. The first-order valence-electron chi connectivity index (χ1n) is 5.70. The maximum atomic E-state index is 9.25. The number of nitrogens with one attached hydrogen (secondary N) is 1. The van der Waals surface area contributed by atoms with Crippen molar-refractivity contribution in [2.45, 2.75) is 37.3 Å². The second-order valence-corrected chi connectivity index (χ2v) is 5.55. The number of thioether (sulfide) groups is 1. The van der Waals surface area contributed by atoms with Crippen molar-refractivity contribution >= 4 is 11.8 Å². The zero-order chi connectivity index (χ0) is 10.6. The highest BCUT2D eigenvalue weighted by Crippen LogP contribution is 2.26. The number of ether oxygens (including phenoxy) is 1. The molecule has 84 valence electrons. The number of rotatable bonds is 3. The fourth-order valence-electron chi connectivity index (χ4n) is 2.16. The predicted octanol–water partition coefficient (Wildman–Crippen LogP) is 1.54. The summed E-state index contributed by atoms with van der Waals surface area (Å²) in [5, 5.41) is 12.7. The molecule has 15 heavy (non-hydrogen) atoms. The van der Waals surface area contributed by atoms with Crippen LogP contribution in [0.1, 0.15) is 25.7 Å². The number of hydrogen-bond donors (Lipinski definition) is 1. The highest BCUT2D eigenvalue weighted by Gasteiger charge is 2.32. The van der Waals surface area contributed by atoms with Gasteiger partial charge >= 0.3 is 0 Å². The van der Waals surface area contributed by atoms with E-state index in [1.54, 1.807) is 0 Å². The molecule has 2 rings (SSSR count). The third-order valence-corrected chi connectivity index (χ3v) is 4.24. The summed E-state index contributed by atoms with van der Waals surface area (Å²) in [6, 6.07) is 2.46. The van der Waals surface area contributed by atoms with Crippen LogP contribution >= 0.6 is 11.8 Å². The Morgan fingerprint density at radius 2 is 2.27 bits per heavy atom. The molecule has 0 saturated carbocycles. The molecule has 0 bridgehead atoms. The zero-order valence-corrected chi connectivity index (χ0v) is 9.81. The standard InChI is InChI=1S/C11H18N2OS/c12-9-11(3-6-15-7-4-11)13-8-10-2-1-5-14-10/h10,13H,1-8H2. The van der Waals surface area contributed by atoms with Gasteiger partial charge in [-0.3, -0.25) is 5.32 Å². The first-order chi connectivity index (χ1) is 7.35. The van der Waals surface area contributed by atoms with Gasteiger partial charge in [0.05, 0.1) is 12.2 Å². The van der Waals surface area contributed by atoms with Crippen LogP contribution in [-0.4, -0.2) is 36.3 Å². The Morgan fingerprint density at radius 1 is 1.47 bits per heavy atom. The predicted molar refractivity (Wildman–Crippen MR) is 61.9 cm³/mol. The van der Waals surface area contributed by atoms with Crippen LogP contribution < -0.4 is 5.32 Å². The molecule has 2 fully saturated rings. The van der Waals surface area contributed by atoms with E-state index in [2.05, 4.69) is 11.4 Å². The smallest absolute Gasteiger partial charge is 0.108 e. The molecule has 0 aromatic carbocycles. The largest absolute Gasteiger partial charge is 0.377 e. The maximum absolute atomic E-state index is 9.25. The minimum Gasteiger partial charge on any atom is -0.377 e. The lowest BCUT2D eigenvalue weighted by molar-refractivity contribution is 0.103. The van der Waals surface area contributed by atoms with Crippen molar-refractivity contribution in [3.63, 3.8) is 0 Å². The molecule has 4 heteroatoms. The van der Waals surface area contributed by atoms with E-state index in [9.17, 15) is 5.26 Å². The lowest BCUT2D eigenvalue weighted by Crippen LogP contribution is -2.49. The molecule has 1 N–H and O–H groups in total. The normalized spacial score (nSPS) is 29.9. The van der Waals surface area contributed by atoms with E-state index >= 15 is 0 Å². The van der Waals surface area contributed by atoms with Gasteiger partial charge in [0, 0.05) is 13.2 Å². The molecule has 1 atom stereocenters. The van der Waals surface area contributed by atoms with Gasteiger partial charge in [-0.2, -0.15) is 17.0 Å². The van der Waals surface area contributed by atoms with Crippen molar-refractivity contribution in [2.75, 3.05) is 24.7 Å². The minimum atomic E-state index is -0.267. The quantitative estimate of drug-likeness (QED) is 0.793. The third-order valence-electron chi connectivity index (χ3n) is 3.25. The van der Waals surface area contributed by atoms with Crippen LogP contribution in [0.15, 0.2) is 0 Å². The van der Waals surface area contributed by atoms with Crippen LogP contribution in [0.5, 0.6) is 0 Å². The van der Waals surface area contributed by atoms with Gasteiger partial charge in [0.15, 0.2) is 0 Å². The lowest BCUT2D eigenvalue weighted by atomic mass is 9.94. The number of hydrogen-bond acceptors (Lipinski definition) is 4. The first-order valence-corrected chi connectivity index (χ1v) is 6.86. The molecule has 2 heterocycles. The first kappa shape index (κ1) is 11.3. The van der Waals surface area contributed by atoms with Crippen LogP contribution in [0.2, 0.25) is 0 Å². The van der Waals surface area contributed by atoms with Crippen molar-refractivity contribution < 1.29 is 4.74 Å². The molecular weight excluding hydrogens is 208 g/mol. The number of nitrogens with zero attached hydrogens (tertiary/aromatic N) is 1. The van der Waals surface area contributed by atoms with Gasteiger partial charge in [-0.25, -0.2) is 0 Å². The molecule has 0 spiro atoms. The average molecular weight is 226 g/mol. The average Bonchev–Trinajstić information content (AvgIpc) is 2.81. The second-order valence-electron chi connectivity index (χ2n) is 4.32. The van der Waals surface area contributed by atoms with Crippen LogP contribution in [0.3, 0.4) is 0 Å². The van der Waals surface area contributed by atoms with Crippen molar-refractivity contribution in [1.82, 2.24) is 5.32 Å². The topological polar surface area (TPSA) is 45.0 Å². The van der Waals surface area contributed by atoms with Crippen LogP contribution in [0.25, 0.3) is 0 Å². The van der Waals surface area contributed by atoms with Crippen molar-refractivity contribution in [2.24, 2.45) is 0 Å². The van der Waals surface area contributed by atoms with Crippen molar-refractivity contribution in [3.05, 3.63) is 0 Å². The lowest BCUT2D eigenvalue weighted by Gasteiger charge is -2.32. The Bertz CT molecular complexity index is 239. The summed E-state index contributed by atoms with van der Waals surface area (Å²) in [5.41, 5.74) is -0.267. The molecule has 0 aromatic heterocycles. The Morgan fingerprint density at radius 3 is 2.87 bits per heavy atom. The monoisotopic (exact) mass is 226 g/mol. The van der Waals surface area contributed by atoms with E-state index in [1.807, 2.05) is 11.8 Å². The Balaban J connectivity index is 1.81. The van der Waals surface area contributed by atoms with Crippen molar-refractivity contribution in [3.8, 4) is 6.07 Å². The molecule has 2 saturated heterocycles. The highest BCUT2D eigenvalue weighted by atomic mass is 32.2. The SMILES string of the molecule is N#CC1(NCC2CCCO2)CCSCC1. The van der Waals surface area contributed by atoms with E-state index < -0.39 is 0 Å². The molecule has 3 nitrogen and oxygen atoms in total. The molecule has 2 aliphatic heterocycles. The summed E-state index contributed by atoms with van der Waals surface area (Å²) in [4.78, 5) is 0. The zero-order valence-electron chi connectivity index (χ0n) is 9.00. The highest BCUT2D eigenvalue weighted by molar-refractivity contribution is 7.99. The second kappa shape index (κ2) is 5.20. The van der Waals surface area contributed by atoms with E-state index in [-0.39, 0.29) is 5.54 Å². The van der Waals surface area contributed by atoms with Gasteiger partial charge in [-0.15, -0.1) is 0 Å². The molecule has 2 aliphatic rings. The summed E-state index contributed by atoms with van der Waals surface area (Å²) in [6.45, 7) is 1.74. The van der Waals surface area contributed by atoms with E-state index in [0.29, 0.717) is 6.10 Å². The Hall–Kier alpha value is -0.240. The van der Waals surface area contributed by atoms with Crippen LogP contribution in [-0.2, 0) is 4.74 Å². The van der Waals surface area contributed by atoms with Gasteiger partial charge in [0.1, 0.15) is 5.54 Å². The summed E-state index contributed by atoms with van der Waals surface area (Å²) >= 11 is 1.95. The van der Waals surface area contributed by atoms with Crippen molar-refractivity contribution in [1.29, 1.82) is 5.26 Å². The Kier molecular flexibility index (Phi) is 3.90. The van der Waals surface area contributed by atoms with Crippen LogP contribution in [0.4, 0.5) is 0 Å². The third kappa shape index (κ3) is 2.87. The van der Waals surface area contributed by atoms with E-state index in [1.165, 1.54) is 6.42 Å².